The average molecular weight is 542 g/mol. The lowest BCUT2D eigenvalue weighted by Gasteiger charge is -2.34. The summed E-state index contributed by atoms with van der Waals surface area (Å²) in [5.74, 6) is 0.314. The molecule has 1 N–H and O–H groups in total. The van der Waals surface area contributed by atoms with Crippen molar-refractivity contribution in [3.05, 3.63) is 77.4 Å². The van der Waals surface area contributed by atoms with Crippen molar-refractivity contribution >= 4 is 28.5 Å². The second-order valence-corrected chi connectivity index (χ2v) is 10.3. The van der Waals surface area contributed by atoms with E-state index in [4.69, 9.17) is 9.47 Å². The molecular weight excluding hydrogens is 506 g/mol. The summed E-state index contributed by atoms with van der Waals surface area (Å²) < 4.78 is 12.9. The molecule has 0 unspecified atom stereocenters. The topological polar surface area (TPSA) is 98.6 Å². The number of carbonyl (C=O) groups is 2. The van der Waals surface area contributed by atoms with Crippen LogP contribution in [0.25, 0.3) is 11.0 Å². The van der Waals surface area contributed by atoms with Gasteiger partial charge in [-0.15, -0.1) is 5.10 Å². The van der Waals surface area contributed by atoms with E-state index in [-0.39, 0.29) is 24.4 Å². The smallest absolute Gasteiger partial charge is 0.249 e. The van der Waals surface area contributed by atoms with Crippen LogP contribution in [0.5, 0.6) is 11.5 Å². The van der Waals surface area contributed by atoms with E-state index in [2.05, 4.69) is 15.6 Å². The molecule has 3 aromatic carbocycles. The number of para-hydroxylation sites is 2. The zero-order valence-corrected chi connectivity index (χ0v) is 23.4. The van der Waals surface area contributed by atoms with E-state index in [1.807, 2.05) is 68.4 Å². The standard InChI is InChI=1S/C31H35N5O4/c1-20-16-17-25(21(2)18-20)36(28(37)19-35-26-14-8-7-13-24(26)33-34-35)29(31(38)32-22-10-5-6-11-22)23-12-9-15-27(39-3)30(23)40-4/h7-9,12-18,22,29H,5-6,10-11,19H2,1-4H3,(H,32,38)/t29-/m1/s1. The molecule has 40 heavy (non-hydrogen) atoms. The van der Waals surface area contributed by atoms with Crippen LogP contribution in [-0.4, -0.2) is 47.1 Å². The highest BCUT2D eigenvalue weighted by atomic mass is 16.5. The molecule has 0 bridgehead atoms. The average Bonchev–Trinajstić information content (AvgIpc) is 3.61. The zero-order chi connectivity index (χ0) is 28.2. The summed E-state index contributed by atoms with van der Waals surface area (Å²) >= 11 is 0. The predicted octanol–water partition coefficient (Wildman–Crippen LogP) is 4.90. The highest BCUT2D eigenvalue weighted by Crippen LogP contribution is 2.40. The first kappa shape index (κ1) is 27.2. The Labute approximate surface area is 234 Å². The third-order valence-electron chi connectivity index (χ3n) is 7.52. The van der Waals surface area contributed by atoms with Crippen LogP contribution in [-0.2, 0) is 16.1 Å². The minimum absolute atomic E-state index is 0.0573. The van der Waals surface area contributed by atoms with Crippen LogP contribution in [0.2, 0.25) is 0 Å². The van der Waals surface area contributed by atoms with E-state index in [1.54, 1.807) is 22.8 Å². The highest BCUT2D eigenvalue weighted by Gasteiger charge is 2.37. The Balaban J connectivity index is 1.66. The predicted molar refractivity (Wildman–Crippen MR) is 154 cm³/mol. The van der Waals surface area contributed by atoms with Crippen molar-refractivity contribution in [1.82, 2.24) is 20.3 Å². The van der Waals surface area contributed by atoms with Crippen molar-refractivity contribution in [2.75, 3.05) is 19.1 Å². The molecule has 0 saturated heterocycles. The molecule has 9 heteroatoms. The van der Waals surface area contributed by atoms with Crippen LogP contribution in [0.3, 0.4) is 0 Å². The lowest BCUT2D eigenvalue weighted by molar-refractivity contribution is -0.127. The van der Waals surface area contributed by atoms with Crippen LogP contribution >= 0.6 is 0 Å². The number of amides is 2. The largest absolute Gasteiger partial charge is 0.493 e. The number of anilines is 1. The van der Waals surface area contributed by atoms with Gasteiger partial charge >= 0.3 is 0 Å². The summed E-state index contributed by atoms with van der Waals surface area (Å²) in [6.45, 7) is 3.84. The van der Waals surface area contributed by atoms with E-state index in [0.717, 1.165) is 42.3 Å². The fourth-order valence-corrected chi connectivity index (χ4v) is 5.61. The number of ether oxygens (including phenoxy) is 2. The Hall–Kier alpha value is -4.40. The first-order valence-corrected chi connectivity index (χ1v) is 13.6. The molecule has 4 aromatic rings. The molecule has 1 saturated carbocycles. The third kappa shape index (κ3) is 5.36. The number of fused-ring (bicyclic) bond motifs is 1. The van der Waals surface area contributed by atoms with Crippen LogP contribution in [0.1, 0.15) is 48.4 Å². The first-order valence-electron chi connectivity index (χ1n) is 13.6. The monoisotopic (exact) mass is 541 g/mol. The van der Waals surface area contributed by atoms with Gasteiger partial charge < -0.3 is 14.8 Å². The summed E-state index contributed by atoms with van der Waals surface area (Å²) in [6, 6.07) is 17.8. The molecule has 9 nitrogen and oxygen atoms in total. The molecule has 2 amide bonds. The van der Waals surface area contributed by atoms with E-state index in [1.165, 1.54) is 7.11 Å². The van der Waals surface area contributed by atoms with Crippen LogP contribution in [0.15, 0.2) is 60.7 Å². The molecule has 1 atom stereocenters. The lowest BCUT2D eigenvalue weighted by atomic mass is 9.99. The molecular formula is C31H35N5O4. The number of nitrogens with one attached hydrogen (secondary N) is 1. The Kier molecular flexibility index (Phi) is 8.00. The van der Waals surface area contributed by atoms with Gasteiger partial charge in [-0.05, 0) is 56.5 Å². The number of benzene rings is 3. The van der Waals surface area contributed by atoms with Gasteiger partial charge in [-0.1, -0.05) is 60.0 Å². The zero-order valence-electron chi connectivity index (χ0n) is 23.4. The number of hydrogen-bond acceptors (Lipinski definition) is 6. The van der Waals surface area contributed by atoms with Gasteiger partial charge in [-0.3, -0.25) is 14.5 Å². The number of hydrogen-bond donors (Lipinski definition) is 1. The van der Waals surface area contributed by atoms with Crippen LogP contribution in [0.4, 0.5) is 5.69 Å². The normalized spacial score (nSPS) is 14.2. The molecule has 1 heterocycles. The summed E-state index contributed by atoms with van der Waals surface area (Å²) in [5.41, 5.74) is 4.53. The van der Waals surface area contributed by atoms with E-state index < -0.39 is 6.04 Å². The summed E-state index contributed by atoms with van der Waals surface area (Å²) in [6.07, 6.45) is 3.96. The van der Waals surface area contributed by atoms with Crippen LogP contribution < -0.4 is 19.7 Å². The van der Waals surface area contributed by atoms with E-state index in [9.17, 15) is 9.59 Å². The second kappa shape index (κ2) is 11.8. The van der Waals surface area contributed by atoms with E-state index in [0.29, 0.717) is 28.3 Å². The van der Waals surface area contributed by atoms with Crippen molar-refractivity contribution in [3.63, 3.8) is 0 Å². The Morgan fingerprint density at radius 3 is 2.52 bits per heavy atom. The number of methoxy groups -OCH3 is 2. The molecule has 208 valence electrons. The maximum Gasteiger partial charge on any atom is 0.249 e. The number of carbonyl (C=O) groups excluding carboxylic acids is 2. The maximum absolute atomic E-state index is 14.4. The highest BCUT2D eigenvalue weighted by molar-refractivity contribution is 6.02. The molecule has 0 radical (unpaired) electrons. The quantitative estimate of drug-likeness (QED) is 0.324. The fourth-order valence-electron chi connectivity index (χ4n) is 5.61. The number of aromatic nitrogens is 3. The molecule has 0 aliphatic heterocycles. The van der Waals surface area contributed by atoms with Crippen molar-refractivity contribution in [2.45, 2.75) is 58.2 Å². The summed E-state index contributed by atoms with van der Waals surface area (Å²) in [5, 5.41) is 11.7. The van der Waals surface area contributed by atoms with Gasteiger partial charge in [-0.2, -0.15) is 0 Å². The first-order chi connectivity index (χ1) is 19.4. The number of aryl methyl sites for hydroxylation is 2. The summed E-state index contributed by atoms with van der Waals surface area (Å²) in [4.78, 5) is 30.2. The molecule has 0 spiro atoms. The Morgan fingerprint density at radius 1 is 1.02 bits per heavy atom. The second-order valence-electron chi connectivity index (χ2n) is 10.3. The third-order valence-corrected chi connectivity index (χ3v) is 7.52. The van der Waals surface area contributed by atoms with Gasteiger partial charge in [0.2, 0.25) is 11.8 Å². The maximum atomic E-state index is 14.4. The molecule has 1 fully saturated rings. The van der Waals surface area contributed by atoms with Gasteiger partial charge in [0.15, 0.2) is 11.5 Å². The Bertz CT molecular complexity index is 1530. The van der Waals surface area contributed by atoms with Crippen molar-refractivity contribution in [3.8, 4) is 11.5 Å². The molecule has 1 aliphatic carbocycles. The van der Waals surface area contributed by atoms with Crippen molar-refractivity contribution < 1.29 is 19.1 Å². The van der Waals surface area contributed by atoms with Gasteiger partial charge in [0.1, 0.15) is 18.1 Å². The molecule has 1 aromatic heterocycles. The summed E-state index contributed by atoms with van der Waals surface area (Å²) in [7, 11) is 3.09. The molecule has 1 aliphatic rings. The van der Waals surface area contributed by atoms with Gasteiger partial charge in [0.25, 0.3) is 0 Å². The SMILES string of the molecule is COc1cccc([C@H](C(=O)NC2CCCC2)N(C(=O)Cn2nnc3ccccc32)c2ccc(C)cc2C)c1OC. The lowest BCUT2D eigenvalue weighted by Crippen LogP contribution is -2.47. The minimum Gasteiger partial charge on any atom is -0.493 e. The van der Waals surface area contributed by atoms with Gasteiger partial charge in [0, 0.05) is 17.3 Å². The van der Waals surface area contributed by atoms with Crippen LogP contribution in [0, 0.1) is 13.8 Å². The van der Waals surface area contributed by atoms with E-state index >= 15 is 0 Å². The van der Waals surface area contributed by atoms with Gasteiger partial charge in [0.05, 0.1) is 19.7 Å². The van der Waals surface area contributed by atoms with Crippen molar-refractivity contribution in [2.24, 2.45) is 0 Å². The molecule has 5 rings (SSSR count). The van der Waals surface area contributed by atoms with Crippen molar-refractivity contribution in [1.29, 1.82) is 0 Å². The Morgan fingerprint density at radius 2 is 1.80 bits per heavy atom. The van der Waals surface area contributed by atoms with Gasteiger partial charge in [-0.25, -0.2) is 4.68 Å². The number of rotatable bonds is 9. The number of nitrogens with zero attached hydrogens (tertiary/aromatic N) is 4. The fraction of sp³-hybridized carbons (Fsp3) is 0.355. The minimum atomic E-state index is -1.02.